The lowest BCUT2D eigenvalue weighted by Crippen LogP contribution is -2.31. The lowest BCUT2D eigenvalue weighted by molar-refractivity contribution is 0.0951. The highest BCUT2D eigenvalue weighted by Gasteiger charge is 2.12. The average molecular weight is 258 g/mol. The number of rotatable bonds is 5. The fraction of sp³-hybridized carbons (Fsp3) is 0.364. The maximum Gasteiger partial charge on any atom is 0.255 e. The molecule has 0 aliphatic heterocycles. The van der Waals surface area contributed by atoms with Gasteiger partial charge in [0.25, 0.3) is 5.91 Å². The molecule has 94 valence electrons. The van der Waals surface area contributed by atoms with Gasteiger partial charge in [-0.3, -0.25) is 4.79 Å². The maximum atomic E-state index is 11.7. The first-order valence-electron chi connectivity index (χ1n) is 5.33. The van der Waals surface area contributed by atoms with Crippen molar-refractivity contribution in [2.75, 3.05) is 25.4 Å². The molecule has 0 spiro atoms. The fourth-order valence-corrected chi connectivity index (χ4v) is 1.46. The van der Waals surface area contributed by atoms with E-state index in [9.17, 15) is 9.90 Å². The van der Waals surface area contributed by atoms with Gasteiger partial charge < -0.3 is 21.5 Å². The Morgan fingerprint density at radius 3 is 2.82 bits per heavy atom. The summed E-state index contributed by atoms with van der Waals surface area (Å²) in [6.07, 6.45) is 0. The Labute approximate surface area is 105 Å². The van der Waals surface area contributed by atoms with Crippen molar-refractivity contribution >= 4 is 23.2 Å². The van der Waals surface area contributed by atoms with Gasteiger partial charge in [0.2, 0.25) is 0 Å². The smallest absolute Gasteiger partial charge is 0.255 e. The number of nitrogens with one attached hydrogen (secondary N) is 2. The summed E-state index contributed by atoms with van der Waals surface area (Å²) in [6.45, 7) is 3.97. The maximum absolute atomic E-state index is 11.7. The Bertz CT molecular complexity index is 410. The first kappa shape index (κ1) is 13.6. The van der Waals surface area contributed by atoms with E-state index in [1.807, 2.05) is 6.92 Å². The minimum absolute atomic E-state index is 0.126. The molecule has 0 saturated heterocycles. The molecule has 1 aromatic rings. The first-order valence-corrected chi connectivity index (χ1v) is 5.71. The molecule has 0 heterocycles. The zero-order chi connectivity index (χ0) is 12.8. The Morgan fingerprint density at radius 1 is 1.47 bits per heavy atom. The van der Waals surface area contributed by atoms with Crippen LogP contribution in [0.15, 0.2) is 12.1 Å². The summed E-state index contributed by atoms with van der Waals surface area (Å²) in [5.41, 5.74) is 5.87. The quantitative estimate of drug-likeness (QED) is 0.468. The summed E-state index contributed by atoms with van der Waals surface area (Å²) in [6, 6.07) is 2.62. The molecule has 0 atom stereocenters. The molecular weight excluding hydrogens is 242 g/mol. The number of aromatic hydroxyl groups is 1. The van der Waals surface area contributed by atoms with E-state index in [1.54, 1.807) is 0 Å². The summed E-state index contributed by atoms with van der Waals surface area (Å²) in [4.78, 5) is 11.7. The second-order valence-electron chi connectivity index (χ2n) is 3.50. The summed E-state index contributed by atoms with van der Waals surface area (Å²) in [5.74, 6) is -0.546. The van der Waals surface area contributed by atoms with Gasteiger partial charge in [0, 0.05) is 19.2 Å². The molecule has 0 aliphatic carbocycles. The number of nitrogens with two attached hydrogens (primary N) is 1. The van der Waals surface area contributed by atoms with Crippen LogP contribution in [-0.2, 0) is 0 Å². The molecule has 0 unspecified atom stereocenters. The van der Waals surface area contributed by atoms with E-state index in [2.05, 4.69) is 10.6 Å². The van der Waals surface area contributed by atoms with E-state index < -0.39 is 0 Å². The third-order valence-corrected chi connectivity index (χ3v) is 2.52. The van der Waals surface area contributed by atoms with Gasteiger partial charge in [-0.05, 0) is 12.6 Å². The Morgan fingerprint density at radius 2 is 2.18 bits per heavy atom. The van der Waals surface area contributed by atoms with Crippen LogP contribution in [0, 0.1) is 0 Å². The summed E-state index contributed by atoms with van der Waals surface area (Å²) in [7, 11) is 0. The summed E-state index contributed by atoms with van der Waals surface area (Å²) >= 11 is 5.79. The van der Waals surface area contributed by atoms with Gasteiger partial charge in [-0.15, -0.1) is 0 Å². The monoisotopic (exact) mass is 257 g/mol. The molecule has 0 saturated carbocycles. The number of phenolic OH excluding ortho intramolecular Hbond substituents is 1. The summed E-state index contributed by atoms with van der Waals surface area (Å²) in [5, 5.41) is 15.6. The molecule has 0 aromatic heterocycles. The van der Waals surface area contributed by atoms with Crippen molar-refractivity contribution in [2.24, 2.45) is 0 Å². The van der Waals surface area contributed by atoms with Crippen LogP contribution >= 0.6 is 11.6 Å². The Balaban J connectivity index is 2.66. The van der Waals surface area contributed by atoms with Gasteiger partial charge in [-0.25, -0.2) is 0 Å². The molecule has 1 aromatic carbocycles. The van der Waals surface area contributed by atoms with E-state index >= 15 is 0 Å². The molecule has 6 heteroatoms. The highest BCUT2D eigenvalue weighted by Crippen LogP contribution is 2.27. The van der Waals surface area contributed by atoms with Crippen LogP contribution in [0.25, 0.3) is 0 Å². The number of hydrogen-bond acceptors (Lipinski definition) is 4. The van der Waals surface area contributed by atoms with E-state index in [0.717, 1.165) is 6.54 Å². The number of hydrogen-bond donors (Lipinski definition) is 4. The zero-order valence-electron chi connectivity index (χ0n) is 9.59. The molecule has 1 rings (SSSR count). The Kier molecular flexibility index (Phi) is 5.06. The van der Waals surface area contributed by atoms with Crippen LogP contribution in [-0.4, -0.2) is 30.6 Å². The van der Waals surface area contributed by atoms with Gasteiger partial charge in [0.15, 0.2) is 0 Å². The van der Waals surface area contributed by atoms with Gasteiger partial charge >= 0.3 is 0 Å². The van der Waals surface area contributed by atoms with Crippen molar-refractivity contribution < 1.29 is 9.90 Å². The molecule has 5 nitrogen and oxygen atoms in total. The lowest BCUT2D eigenvalue weighted by atomic mass is 10.1. The van der Waals surface area contributed by atoms with Crippen molar-refractivity contribution in [1.29, 1.82) is 0 Å². The number of nitrogen functional groups attached to an aromatic ring is 1. The van der Waals surface area contributed by atoms with Gasteiger partial charge in [-0.1, -0.05) is 18.5 Å². The number of halogens is 1. The Hall–Kier alpha value is -1.46. The minimum Gasteiger partial charge on any atom is -0.507 e. The van der Waals surface area contributed by atoms with Crippen LogP contribution < -0.4 is 16.4 Å². The molecule has 17 heavy (non-hydrogen) atoms. The van der Waals surface area contributed by atoms with Crippen LogP contribution in [0.5, 0.6) is 5.75 Å². The van der Waals surface area contributed by atoms with Crippen molar-refractivity contribution in [3.63, 3.8) is 0 Å². The van der Waals surface area contributed by atoms with Crippen LogP contribution in [0.2, 0.25) is 5.02 Å². The molecule has 1 amide bonds. The van der Waals surface area contributed by atoms with Gasteiger partial charge in [0.1, 0.15) is 5.75 Å². The highest BCUT2D eigenvalue weighted by atomic mass is 35.5. The zero-order valence-corrected chi connectivity index (χ0v) is 10.3. The van der Waals surface area contributed by atoms with Crippen LogP contribution in [0.4, 0.5) is 5.69 Å². The van der Waals surface area contributed by atoms with E-state index in [1.165, 1.54) is 12.1 Å². The molecule has 0 aliphatic rings. The van der Waals surface area contributed by atoms with E-state index in [4.69, 9.17) is 17.3 Å². The molecule has 0 fully saturated rings. The number of carbonyl (C=O) groups is 1. The van der Waals surface area contributed by atoms with E-state index in [-0.39, 0.29) is 27.9 Å². The predicted octanol–water partition coefficient (Wildman–Crippen LogP) is 0.967. The predicted molar refractivity (Wildman–Crippen MR) is 68.4 cm³/mol. The standard InChI is InChI=1S/C11H16ClN3O2/c1-2-14-3-4-15-11(17)7-5-8(12)9(13)6-10(7)16/h5-6,14,16H,2-4,13H2,1H3,(H,15,17). The SMILES string of the molecule is CCNCCNC(=O)c1cc(Cl)c(N)cc1O. The van der Waals surface area contributed by atoms with Crippen molar-refractivity contribution in [3.8, 4) is 5.75 Å². The van der Waals surface area contributed by atoms with Gasteiger partial charge in [0.05, 0.1) is 16.3 Å². The number of anilines is 1. The van der Waals surface area contributed by atoms with Crippen molar-refractivity contribution in [1.82, 2.24) is 10.6 Å². The minimum atomic E-state index is -0.373. The number of carbonyl (C=O) groups excluding carboxylic acids is 1. The first-order chi connectivity index (χ1) is 8.06. The van der Waals surface area contributed by atoms with Gasteiger partial charge in [-0.2, -0.15) is 0 Å². The third-order valence-electron chi connectivity index (χ3n) is 2.20. The average Bonchev–Trinajstić information content (AvgIpc) is 2.29. The third kappa shape index (κ3) is 3.80. The number of phenols is 1. The number of likely N-dealkylation sites (N-methyl/N-ethyl adjacent to an activating group) is 1. The normalized spacial score (nSPS) is 10.2. The molecular formula is C11H16ClN3O2. The number of amides is 1. The van der Waals surface area contributed by atoms with Crippen LogP contribution in [0.3, 0.4) is 0 Å². The second kappa shape index (κ2) is 6.32. The van der Waals surface area contributed by atoms with Crippen molar-refractivity contribution in [2.45, 2.75) is 6.92 Å². The lowest BCUT2D eigenvalue weighted by Gasteiger charge is -2.08. The summed E-state index contributed by atoms with van der Waals surface area (Å²) < 4.78 is 0. The van der Waals surface area contributed by atoms with Crippen molar-refractivity contribution in [3.05, 3.63) is 22.7 Å². The van der Waals surface area contributed by atoms with E-state index in [0.29, 0.717) is 13.1 Å². The fourth-order valence-electron chi connectivity index (χ4n) is 1.30. The van der Waals surface area contributed by atoms with Crippen LogP contribution in [0.1, 0.15) is 17.3 Å². The molecule has 0 bridgehead atoms. The largest absolute Gasteiger partial charge is 0.507 e. The highest BCUT2D eigenvalue weighted by molar-refractivity contribution is 6.33. The molecule has 5 N–H and O–H groups in total. The topological polar surface area (TPSA) is 87.4 Å². The molecule has 0 radical (unpaired) electrons. The second-order valence-corrected chi connectivity index (χ2v) is 3.91. The number of benzene rings is 1.